The number of alkyl halides is 4. The molecule has 1 saturated carbocycles. The van der Waals surface area contributed by atoms with Crippen molar-refractivity contribution >= 4 is 0 Å². The highest BCUT2D eigenvalue weighted by Gasteiger charge is 2.46. The van der Waals surface area contributed by atoms with Gasteiger partial charge in [0, 0.05) is 0 Å². The van der Waals surface area contributed by atoms with Crippen LogP contribution in [-0.4, -0.2) is 12.3 Å². The first-order valence-corrected chi connectivity index (χ1v) is 4.12. The van der Waals surface area contributed by atoms with Crippen LogP contribution in [0, 0.1) is 11.8 Å². The van der Waals surface area contributed by atoms with E-state index in [1.807, 2.05) is 0 Å². The second kappa shape index (κ2) is 3.23. The highest BCUT2D eigenvalue weighted by molar-refractivity contribution is 4.82. The smallest absolute Gasteiger partial charge is 0.247 e. The standard InChI is InChI=1S/C8H12F4/c1-5-2-3-6(7(9)4-5)8(10,11)12/h5-7H,2-4H2,1H3/t5?,6-,7?/m0/s1. The summed E-state index contributed by atoms with van der Waals surface area (Å²) < 4.78 is 49.1. The Labute approximate surface area is 69.0 Å². The summed E-state index contributed by atoms with van der Waals surface area (Å²) in [5.41, 5.74) is 0. The SMILES string of the molecule is CC1CC[C@H](C(F)(F)F)C(F)C1. The van der Waals surface area contributed by atoms with Crippen LogP contribution >= 0.6 is 0 Å². The van der Waals surface area contributed by atoms with Gasteiger partial charge in [0.15, 0.2) is 0 Å². The first-order chi connectivity index (χ1) is 5.41. The van der Waals surface area contributed by atoms with Crippen molar-refractivity contribution in [2.45, 2.75) is 38.5 Å². The third-order valence-corrected chi connectivity index (χ3v) is 2.46. The second-order valence-corrected chi connectivity index (χ2v) is 3.58. The summed E-state index contributed by atoms with van der Waals surface area (Å²) in [5, 5.41) is 0. The quantitative estimate of drug-likeness (QED) is 0.506. The number of hydrogen-bond donors (Lipinski definition) is 0. The molecule has 0 amide bonds. The molecule has 1 rings (SSSR count). The van der Waals surface area contributed by atoms with Gasteiger partial charge in [0.05, 0.1) is 5.92 Å². The van der Waals surface area contributed by atoms with Crippen molar-refractivity contribution in [2.75, 3.05) is 0 Å². The van der Waals surface area contributed by atoms with Gasteiger partial charge in [-0.1, -0.05) is 6.92 Å². The van der Waals surface area contributed by atoms with Gasteiger partial charge in [0.2, 0.25) is 0 Å². The molecule has 0 N–H and O–H groups in total. The molecule has 4 heteroatoms. The second-order valence-electron chi connectivity index (χ2n) is 3.58. The van der Waals surface area contributed by atoms with E-state index in [0.29, 0.717) is 6.42 Å². The van der Waals surface area contributed by atoms with E-state index >= 15 is 0 Å². The van der Waals surface area contributed by atoms with Crippen LogP contribution in [0.2, 0.25) is 0 Å². The molecular formula is C8H12F4. The summed E-state index contributed by atoms with van der Waals surface area (Å²) in [6, 6.07) is 0. The molecule has 0 nitrogen and oxygen atoms in total. The lowest BCUT2D eigenvalue weighted by molar-refractivity contribution is -0.200. The summed E-state index contributed by atoms with van der Waals surface area (Å²) in [6.45, 7) is 1.79. The molecule has 2 unspecified atom stereocenters. The van der Waals surface area contributed by atoms with E-state index in [9.17, 15) is 17.6 Å². The maximum absolute atomic E-state index is 12.9. The van der Waals surface area contributed by atoms with Crippen LogP contribution in [0.5, 0.6) is 0 Å². The van der Waals surface area contributed by atoms with Gasteiger partial charge in [-0.2, -0.15) is 13.2 Å². The summed E-state index contributed by atoms with van der Waals surface area (Å²) in [7, 11) is 0. The van der Waals surface area contributed by atoms with Crippen molar-refractivity contribution in [3.63, 3.8) is 0 Å². The minimum absolute atomic E-state index is 0.0498. The minimum Gasteiger partial charge on any atom is -0.247 e. The van der Waals surface area contributed by atoms with Crippen LogP contribution < -0.4 is 0 Å². The zero-order valence-electron chi connectivity index (χ0n) is 6.87. The van der Waals surface area contributed by atoms with Crippen LogP contribution in [0.15, 0.2) is 0 Å². The van der Waals surface area contributed by atoms with E-state index in [4.69, 9.17) is 0 Å². The Balaban J connectivity index is 2.57. The highest BCUT2D eigenvalue weighted by atomic mass is 19.4. The number of hydrogen-bond acceptors (Lipinski definition) is 0. The van der Waals surface area contributed by atoms with Crippen molar-refractivity contribution in [2.24, 2.45) is 11.8 Å². The maximum Gasteiger partial charge on any atom is 0.394 e. The molecule has 0 radical (unpaired) electrons. The third-order valence-electron chi connectivity index (χ3n) is 2.46. The van der Waals surface area contributed by atoms with E-state index in [-0.39, 0.29) is 18.8 Å². The zero-order valence-corrected chi connectivity index (χ0v) is 6.87. The molecule has 1 fully saturated rings. The Bertz CT molecular complexity index is 152. The van der Waals surface area contributed by atoms with E-state index in [1.165, 1.54) is 0 Å². The predicted octanol–water partition coefficient (Wildman–Crippen LogP) is 3.32. The Morgan fingerprint density at radius 3 is 2.17 bits per heavy atom. The molecule has 0 aromatic heterocycles. The molecule has 0 aromatic rings. The van der Waals surface area contributed by atoms with Gasteiger partial charge in [-0.05, 0) is 25.2 Å². The van der Waals surface area contributed by atoms with Gasteiger partial charge < -0.3 is 0 Å². The van der Waals surface area contributed by atoms with E-state index in [1.54, 1.807) is 6.92 Å². The number of rotatable bonds is 0. The molecule has 0 heterocycles. The number of halogens is 4. The lowest BCUT2D eigenvalue weighted by atomic mass is 9.81. The largest absolute Gasteiger partial charge is 0.394 e. The normalized spacial score (nSPS) is 38.2. The van der Waals surface area contributed by atoms with Crippen LogP contribution in [0.4, 0.5) is 17.6 Å². The van der Waals surface area contributed by atoms with Crippen LogP contribution in [0.3, 0.4) is 0 Å². The Morgan fingerprint density at radius 2 is 1.75 bits per heavy atom. The van der Waals surface area contributed by atoms with Gasteiger partial charge >= 0.3 is 6.18 Å². The fourth-order valence-corrected chi connectivity index (χ4v) is 1.68. The molecule has 3 atom stereocenters. The minimum atomic E-state index is -4.35. The molecule has 0 saturated heterocycles. The highest BCUT2D eigenvalue weighted by Crippen LogP contribution is 2.40. The molecule has 1 aliphatic rings. The molecular weight excluding hydrogens is 172 g/mol. The average Bonchev–Trinajstić information content (AvgIpc) is 1.83. The van der Waals surface area contributed by atoms with Crippen LogP contribution in [0.25, 0.3) is 0 Å². The molecule has 72 valence electrons. The summed E-state index contributed by atoms with van der Waals surface area (Å²) in [5.74, 6) is -1.62. The van der Waals surface area contributed by atoms with Crippen molar-refractivity contribution in [1.29, 1.82) is 0 Å². The van der Waals surface area contributed by atoms with Crippen LogP contribution in [0.1, 0.15) is 26.2 Å². The van der Waals surface area contributed by atoms with Crippen LogP contribution in [-0.2, 0) is 0 Å². The van der Waals surface area contributed by atoms with Gasteiger partial charge in [0.25, 0.3) is 0 Å². The Hall–Kier alpha value is -0.280. The lowest BCUT2D eigenvalue weighted by Crippen LogP contribution is -2.36. The third kappa shape index (κ3) is 2.11. The first-order valence-electron chi connectivity index (χ1n) is 4.12. The maximum atomic E-state index is 12.9. The van der Waals surface area contributed by atoms with Gasteiger partial charge in [-0.25, -0.2) is 4.39 Å². The predicted molar refractivity (Wildman–Crippen MR) is 37.5 cm³/mol. The zero-order chi connectivity index (χ0) is 9.35. The molecule has 12 heavy (non-hydrogen) atoms. The van der Waals surface area contributed by atoms with Crippen molar-refractivity contribution in [3.8, 4) is 0 Å². The molecule has 0 spiro atoms. The van der Waals surface area contributed by atoms with Crippen molar-refractivity contribution < 1.29 is 17.6 Å². The summed E-state index contributed by atoms with van der Waals surface area (Å²) in [6.07, 6.45) is -5.53. The van der Waals surface area contributed by atoms with E-state index in [2.05, 4.69) is 0 Å². The van der Waals surface area contributed by atoms with Crippen molar-refractivity contribution in [1.82, 2.24) is 0 Å². The molecule has 0 bridgehead atoms. The monoisotopic (exact) mass is 184 g/mol. The average molecular weight is 184 g/mol. The lowest BCUT2D eigenvalue weighted by Gasteiger charge is -2.31. The Morgan fingerprint density at radius 1 is 1.17 bits per heavy atom. The topological polar surface area (TPSA) is 0 Å². The summed E-state index contributed by atoms with van der Waals surface area (Å²) in [4.78, 5) is 0. The molecule has 1 aliphatic carbocycles. The van der Waals surface area contributed by atoms with E-state index in [0.717, 1.165) is 0 Å². The van der Waals surface area contributed by atoms with Gasteiger partial charge in [0.1, 0.15) is 6.17 Å². The fraction of sp³-hybridized carbons (Fsp3) is 1.00. The fourth-order valence-electron chi connectivity index (χ4n) is 1.68. The Kier molecular flexibility index (Phi) is 2.64. The molecule has 0 aliphatic heterocycles. The van der Waals surface area contributed by atoms with E-state index < -0.39 is 18.3 Å². The summed E-state index contributed by atoms with van der Waals surface area (Å²) >= 11 is 0. The first kappa shape index (κ1) is 9.81. The van der Waals surface area contributed by atoms with Crippen molar-refractivity contribution in [3.05, 3.63) is 0 Å². The molecule has 0 aromatic carbocycles. The van der Waals surface area contributed by atoms with Gasteiger partial charge in [-0.3, -0.25) is 0 Å². The van der Waals surface area contributed by atoms with Gasteiger partial charge in [-0.15, -0.1) is 0 Å².